The van der Waals surface area contributed by atoms with Gasteiger partial charge in [0.2, 0.25) is 0 Å². The third kappa shape index (κ3) is 4.85. The van der Waals surface area contributed by atoms with E-state index in [1.165, 1.54) is 12.8 Å². The molecule has 0 aromatic heterocycles. The monoisotopic (exact) mass is 237 g/mol. The van der Waals surface area contributed by atoms with E-state index >= 15 is 0 Å². The third-order valence-electron chi connectivity index (χ3n) is 3.13. The molecule has 1 rings (SSSR count). The predicted octanol–water partition coefficient (Wildman–Crippen LogP) is 0.569. The lowest BCUT2D eigenvalue weighted by molar-refractivity contribution is -0.139. The highest BCUT2D eigenvalue weighted by atomic mass is 16.2. The Hall–Kier alpha value is -1.57. The maximum atomic E-state index is 11.3. The molecule has 0 heterocycles. The van der Waals surface area contributed by atoms with Gasteiger partial charge in [0.05, 0.1) is 6.07 Å². The molecule has 0 aromatic rings. The second kappa shape index (κ2) is 6.89. The van der Waals surface area contributed by atoms with Gasteiger partial charge in [-0.05, 0) is 24.7 Å². The van der Waals surface area contributed by atoms with Crippen LogP contribution in [0.3, 0.4) is 0 Å². The lowest BCUT2D eigenvalue weighted by Crippen LogP contribution is -2.42. The van der Waals surface area contributed by atoms with Crippen LogP contribution in [0.4, 0.5) is 0 Å². The van der Waals surface area contributed by atoms with Gasteiger partial charge in [0, 0.05) is 6.54 Å². The maximum absolute atomic E-state index is 11.3. The fourth-order valence-electron chi connectivity index (χ4n) is 2.26. The summed E-state index contributed by atoms with van der Waals surface area (Å²) < 4.78 is 0. The van der Waals surface area contributed by atoms with E-state index in [-0.39, 0.29) is 6.54 Å². The molecule has 0 aliphatic heterocycles. The predicted molar refractivity (Wildman–Crippen MR) is 62.8 cm³/mol. The average Bonchev–Trinajstić information content (AvgIpc) is 2.33. The number of hydrogen-bond donors (Lipinski definition) is 2. The lowest BCUT2D eigenvalue weighted by Gasteiger charge is -2.26. The molecule has 17 heavy (non-hydrogen) atoms. The van der Waals surface area contributed by atoms with Crippen LogP contribution in [0.1, 0.15) is 32.6 Å². The molecular formula is C12H19N3O2. The Morgan fingerprint density at radius 3 is 2.65 bits per heavy atom. The Morgan fingerprint density at radius 2 is 2.00 bits per heavy atom. The average molecular weight is 237 g/mol. The molecule has 0 spiro atoms. The topological polar surface area (TPSA) is 82.0 Å². The fraction of sp³-hybridized carbons (Fsp3) is 0.750. The molecule has 1 fully saturated rings. The van der Waals surface area contributed by atoms with Gasteiger partial charge in [-0.15, -0.1) is 0 Å². The number of nitriles is 1. The van der Waals surface area contributed by atoms with Gasteiger partial charge in [-0.1, -0.05) is 19.8 Å². The van der Waals surface area contributed by atoms with Crippen molar-refractivity contribution in [1.82, 2.24) is 10.6 Å². The summed E-state index contributed by atoms with van der Waals surface area (Å²) in [6, 6.07) is 1.75. The molecule has 5 nitrogen and oxygen atoms in total. The standard InChI is InChI=1S/C12H19N3O2/c1-9-3-2-4-10(7-9)8-15-12(17)11(16)14-6-5-13/h9-10H,2-4,6-8H2,1H3,(H,14,16)(H,15,17). The summed E-state index contributed by atoms with van der Waals surface area (Å²) in [6.07, 6.45) is 4.68. The molecule has 0 aromatic carbocycles. The summed E-state index contributed by atoms with van der Waals surface area (Å²) in [5, 5.41) is 13.1. The van der Waals surface area contributed by atoms with E-state index in [9.17, 15) is 9.59 Å². The zero-order valence-corrected chi connectivity index (χ0v) is 10.2. The van der Waals surface area contributed by atoms with E-state index in [0.29, 0.717) is 18.4 Å². The Balaban J connectivity index is 2.23. The Bertz CT molecular complexity index is 322. The zero-order valence-electron chi connectivity index (χ0n) is 10.2. The van der Waals surface area contributed by atoms with Crippen molar-refractivity contribution in [3.63, 3.8) is 0 Å². The summed E-state index contributed by atoms with van der Waals surface area (Å²) in [5.74, 6) is -0.182. The van der Waals surface area contributed by atoms with Crippen LogP contribution in [0, 0.1) is 23.2 Å². The summed E-state index contributed by atoms with van der Waals surface area (Å²) in [4.78, 5) is 22.5. The molecule has 2 amide bonds. The number of hydrogen-bond acceptors (Lipinski definition) is 3. The van der Waals surface area contributed by atoms with E-state index in [1.54, 1.807) is 6.07 Å². The van der Waals surface area contributed by atoms with Gasteiger partial charge in [-0.3, -0.25) is 9.59 Å². The number of amides is 2. The van der Waals surface area contributed by atoms with E-state index in [2.05, 4.69) is 17.6 Å². The van der Waals surface area contributed by atoms with Crippen molar-refractivity contribution in [3.05, 3.63) is 0 Å². The summed E-state index contributed by atoms with van der Waals surface area (Å²) >= 11 is 0. The highest BCUT2D eigenvalue weighted by molar-refractivity contribution is 6.35. The molecule has 0 radical (unpaired) electrons. The van der Waals surface area contributed by atoms with Crippen molar-refractivity contribution in [2.45, 2.75) is 32.6 Å². The van der Waals surface area contributed by atoms with E-state index in [0.717, 1.165) is 12.8 Å². The van der Waals surface area contributed by atoms with Crippen molar-refractivity contribution >= 4 is 11.8 Å². The summed E-state index contributed by atoms with van der Waals surface area (Å²) in [6.45, 7) is 2.64. The molecule has 5 heteroatoms. The highest BCUT2D eigenvalue weighted by Gasteiger charge is 2.20. The molecule has 2 N–H and O–H groups in total. The quantitative estimate of drug-likeness (QED) is 0.556. The van der Waals surface area contributed by atoms with Gasteiger partial charge < -0.3 is 10.6 Å². The second-order valence-electron chi connectivity index (χ2n) is 4.69. The SMILES string of the molecule is CC1CCCC(CNC(=O)C(=O)NCC#N)C1. The van der Waals surface area contributed by atoms with Gasteiger partial charge in [0.15, 0.2) is 0 Å². The molecule has 0 saturated heterocycles. The minimum Gasteiger partial charge on any atom is -0.348 e. The van der Waals surface area contributed by atoms with Gasteiger partial charge >= 0.3 is 11.8 Å². The van der Waals surface area contributed by atoms with Crippen LogP contribution in [0.15, 0.2) is 0 Å². The second-order valence-corrected chi connectivity index (χ2v) is 4.69. The largest absolute Gasteiger partial charge is 0.348 e. The number of carbonyl (C=O) groups is 2. The Morgan fingerprint density at radius 1 is 1.29 bits per heavy atom. The first-order valence-electron chi connectivity index (χ1n) is 6.06. The molecule has 2 atom stereocenters. The number of carbonyl (C=O) groups excluding carboxylic acids is 2. The van der Waals surface area contributed by atoms with Gasteiger partial charge in [-0.25, -0.2) is 0 Å². The van der Waals surface area contributed by atoms with Crippen LogP contribution in [-0.4, -0.2) is 24.9 Å². The number of nitrogens with one attached hydrogen (secondary N) is 2. The van der Waals surface area contributed by atoms with Gasteiger partial charge in [0.25, 0.3) is 0 Å². The van der Waals surface area contributed by atoms with Crippen LogP contribution in [0.2, 0.25) is 0 Å². The molecule has 94 valence electrons. The molecular weight excluding hydrogens is 218 g/mol. The van der Waals surface area contributed by atoms with Crippen LogP contribution < -0.4 is 10.6 Å². The maximum Gasteiger partial charge on any atom is 0.310 e. The van der Waals surface area contributed by atoms with Crippen molar-refractivity contribution in [3.8, 4) is 6.07 Å². The van der Waals surface area contributed by atoms with E-state index < -0.39 is 11.8 Å². The molecule has 2 unspecified atom stereocenters. The number of rotatable bonds is 3. The van der Waals surface area contributed by atoms with E-state index in [4.69, 9.17) is 5.26 Å². The summed E-state index contributed by atoms with van der Waals surface area (Å²) in [7, 11) is 0. The molecule has 1 saturated carbocycles. The minimum absolute atomic E-state index is 0.132. The minimum atomic E-state index is -0.726. The van der Waals surface area contributed by atoms with Crippen molar-refractivity contribution < 1.29 is 9.59 Å². The fourth-order valence-corrected chi connectivity index (χ4v) is 2.26. The van der Waals surface area contributed by atoms with Crippen molar-refractivity contribution in [2.75, 3.05) is 13.1 Å². The smallest absolute Gasteiger partial charge is 0.310 e. The Kier molecular flexibility index (Phi) is 5.47. The Labute approximate surface area is 102 Å². The number of nitrogens with zero attached hydrogens (tertiary/aromatic N) is 1. The summed E-state index contributed by atoms with van der Waals surface area (Å²) in [5.41, 5.74) is 0. The van der Waals surface area contributed by atoms with Crippen molar-refractivity contribution in [1.29, 1.82) is 5.26 Å². The third-order valence-corrected chi connectivity index (χ3v) is 3.13. The first-order valence-corrected chi connectivity index (χ1v) is 6.06. The molecule has 0 bridgehead atoms. The zero-order chi connectivity index (χ0) is 12.7. The highest BCUT2D eigenvalue weighted by Crippen LogP contribution is 2.27. The normalized spacial score (nSPS) is 23.5. The first-order chi connectivity index (χ1) is 8.13. The van der Waals surface area contributed by atoms with Gasteiger partial charge in [0.1, 0.15) is 6.54 Å². The van der Waals surface area contributed by atoms with Crippen LogP contribution in [0.5, 0.6) is 0 Å². The molecule has 1 aliphatic carbocycles. The first kappa shape index (κ1) is 13.5. The van der Waals surface area contributed by atoms with Gasteiger partial charge in [-0.2, -0.15) is 5.26 Å². The molecule has 1 aliphatic rings. The van der Waals surface area contributed by atoms with Crippen LogP contribution in [0.25, 0.3) is 0 Å². The van der Waals surface area contributed by atoms with Crippen LogP contribution in [-0.2, 0) is 9.59 Å². The van der Waals surface area contributed by atoms with E-state index in [1.807, 2.05) is 0 Å². The van der Waals surface area contributed by atoms with Crippen molar-refractivity contribution in [2.24, 2.45) is 11.8 Å². The lowest BCUT2D eigenvalue weighted by atomic mass is 9.82. The van der Waals surface area contributed by atoms with Crippen LogP contribution >= 0.6 is 0 Å².